The molecule has 6 aliphatic rings. The maximum absolute atomic E-state index is 14.2. The normalized spacial score (nSPS) is 25.6. The summed E-state index contributed by atoms with van der Waals surface area (Å²) >= 11 is 0. The molecule has 0 bridgehead atoms. The molecular weight excluding hydrogens is 871 g/mol. The highest BCUT2D eigenvalue weighted by Crippen LogP contribution is 2.60. The number of amides is 3. The number of aromatic nitrogens is 3. The number of carbonyl (C=O) groups is 3. The molecule has 0 radical (unpaired) electrons. The second-order valence-electron chi connectivity index (χ2n) is 21.7. The molecule has 16 heteroatoms. The van der Waals surface area contributed by atoms with Gasteiger partial charge in [0.1, 0.15) is 29.3 Å². The molecule has 6 heterocycles. The van der Waals surface area contributed by atoms with Crippen molar-refractivity contribution in [3.63, 3.8) is 0 Å². The van der Waals surface area contributed by atoms with E-state index < -0.39 is 17.5 Å². The second kappa shape index (κ2) is 20.5. The average Bonchev–Trinajstić information content (AvgIpc) is 3.84. The Balaban J connectivity index is 0.685. The Labute approximate surface area is 408 Å². The Morgan fingerprint density at radius 1 is 0.855 bits per heavy atom. The van der Waals surface area contributed by atoms with Crippen molar-refractivity contribution >= 4 is 29.2 Å². The number of piperazine rings is 1. The minimum atomic E-state index is -0.735. The lowest BCUT2D eigenvalue weighted by atomic mass is 9.49. The number of terminal acetylenes is 1. The lowest BCUT2D eigenvalue weighted by Crippen LogP contribution is -2.62. The third-order valence-electron chi connectivity index (χ3n) is 16.4. The maximum atomic E-state index is 14.2. The number of ether oxygens (including phenoxy) is 1. The number of anilines is 2. The van der Waals surface area contributed by atoms with E-state index in [1.54, 1.807) is 23.2 Å². The number of nitrogens with zero attached hydrogens (tertiary/aromatic N) is 8. The van der Waals surface area contributed by atoms with Crippen molar-refractivity contribution in [2.75, 3.05) is 83.3 Å². The van der Waals surface area contributed by atoms with Gasteiger partial charge in [-0.15, -0.1) is 16.6 Å². The number of rotatable bonds is 13. The minimum Gasteiger partial charge on any atom is -0.507 e. The number of piperidine rings is 2. The van der Waals surface area contributed by atoms with Gasteiger partial charge in [0.25, 0.3) is 0 Å². The molecule has 9 rings (SSSR count). The molecule has 6 fully saturated rings. The molecule has 2 aromatic heterocycles. The van der Waals surface area contributed by atoms with Gasteiger partial charge in [0, 0.05) is 81.1 Å². The summed E-state index contributed by atoms with van der Waals surface area (Å²) in [6.07, 6.45) is 17.3. The van der Waals surface area contributed by atoms with Gasteiger partial charge in [-0.25, -0.2) is 0 Å². The van der Waals surface area contributed by atoms with Crippen LogP contribution in [0.2, 0.25) is 0 Å². The molecule has 2 aliphatic carbocycles. The van der Waals surface area contributed by atoms with Crippen LogP contribution in [0.1, 0.15) is 96.2 Å². The van der Waals surface area contributed by atoms with E-state index in [1.165, 1.54) is 45.9 Å². The van der Waals surface area contributed by atoms with E-state index in [1.807, 2.05) is 52.1 Å². The predicted octanol–water partition coefficient (Wildman–Crippen LogP) is 4.72. The highest BCUT2D eigenvalue weighted by atomic mass is 16.5. The number of benzene rings is 1. The minimum absolute atomic E-state index is 0.0382. The van der Waals surface area contributed by atoms with Gasteiger partial charge in [-0.2, -0.15) is 0 Å². The number of nitrogens with one attached hydrogen (secondary N) is 3. The number of pyridine rings is 1. The number of aromatic hydroxyl groups is 1. The second-order valence-corrected chi connectivity index (χ2v) is 21.7. The molecular formula is C53H73N11O5. The number of carbonyl (C=O) groups excluding carboxylic acids is 3. The third-order valence-corrected chi connectivity index (χ3v) is 16.4. The number of hydrogen-bond acceptors (Lipinski definition) is 13. The maximum Gasteiger partial charge on any atom is 0.246 e. The fraction of sp³-hybridized carbons (Fsp3) is 0.623. The van der Waals surface area contributed by atoms with Crippen molar-refractivity contribution in [1.82, 2.24) is 45.4 Å². The number of para-hydroxylation sites is 1. The number of phenolic OH excluding ortho intramolecular Hbond substituents is 1. The molecule has 4 N–H and O–H groups in total. The zero-order valence-corrected chi connectivity index (χ0v) is 41.4. The first-order valence-corrected chi connectivity index (χ1v) is 25.5. The van der Waals surface area contributed by atoms with E-state index in [9.17, 15) is 19.5 Å². The lowest BCUT2D eigenvalue weighted by Gasteiger charge is -2.60. The number of hydrogen-bond donors (Lipinski definition) is 4. The molecule has 1 spiro atoms. The SMILES string of the molecule is C#Cc1cnc(CNC(=O)C2CCCN2C(=O)C(NC(=O)C2CC3(C2)CC(N2CCC(N4CCC(N5CCN(c6cc(-c7ccccc7O)nnc6NC)CC5)CC4)CC2)C3)C(C)(C)C)c(OC)c1. The first-order chi connectivity index (χ1) is 33.3. The summed E-state index contributed by atoms with van der Waals surface area (Å²) in [5.74, 6) is 3.43. The molecule has 1 aromatic carbocycles. The van der Waals surface area contributed by atoms with E-state index in [4.69, 9.17) is 11.2 Å². The summed E-state index contributed by atoms with van der Waals surface area (Å²) in [7, 11) is 3.42. The van der Waals surface area contributed by atoms with Crippen molar-refractivity contribution in [3.05, 3.63) is 53.9 Å². The molecule has 69 heavy (non-hydrogen) atoms. The standard InChI is InChI=1S/C53H73N11O5/c1-7-35-27-46(69-6)42(55-33-35)34-56-50(67)43-12-10-18-64(43)51(68)47(52(2,3)4)57-49(66)36-29-53(30-36)31-39(32-53)61-21-16-37(17-22-61)60-19-14-38(15-20-60)62-23-25-63(26-24-62)44-28-41(58-59-48(44)54-5)40-11-8-9-13-45(40)65/h1,8-9,11,13,27-28,33,36-39,43,47,65H,10,12,14-26,29-32,34H2,2-6H3,(H,54,59)(H,56,67)(H,57,66). The van der Waals surface area contributed by atoms with Crippen molar-refractivity contribution < 1.29 is 24.2 Å². The van der Waals surface area contributed by atoms with Crippen molar-refractivity contribution in [1.29, 1.82) is 0 Å². The predicted molar refractivity (Wildman–Crippen MR) is 267 cm³/mol. The molecule has 370 valence electrons. The Morgan fingerprint density at radius 3 is 2.13 bits per heavy atom. The zero-order chi connectivity index (χ0) is 48.5. The van der Waals surface area contributed by atoms with Gasteiger partial charge in [0.15, 0.2) is 5.82 Å². The zero-order valence-electron chi connectivity index (χ0n) is 41.4. The molecule has 4 saturated heterocycles. The van der Waals surface area contributed by atoms with E-state index in [0.717, 1.165) is 76.5 Å². The van der Waals surface area contributed by atoms with Crippen molar-refractivity contribution in [2.24, 2.45) is 16.7 Å². The van der Waals surface area contributed by atoms with Gasteiger partial charge < -0.3 is 45.4 Å². The highest BCUT2D eigenvalue weighted by Gasteiger charge is 2.56. The summed E-state index contributed by atoms with van der Waals surface area (Å²) in [5.41, 5.74) is 3.25. The average molecular weight is 944 g/mol. The largest absolute Gasteiger partial charge is 0.507 e. The summed E-state index contributed by atoms with van der Waals surface area (Å²) in [6, 6.07) is 11.6. The van der Waals surface area contributed by atoms with E-state index in [2.05, 4.69) is 56.7 Å². The molecule has 2 saturated carbocycles. The Kier molecular flexibility index (Phi) is 14.4. The van der Waals surface area contributed by atoms with Crippen LogP contribution in [-0.4, -0.2) is 161 Å². The van der Waals surface area contributed by atoms with Crippen LogP contribution in [0.4, 0.5) is 11.5 Å². The van der Waals surface area contributed by atoms with Gasteiger partial charge in [-0.3, -0.25) is 24.3 Å². The van der Waals surface area contributed by atoms with Crippen LogP contribution in [0.25, 0.3) is 11.3 Å². The first-order valence-electron chi connectivity index (χ1n) is 25.5. The number of likely N-dealkylation sites (tertiary alicyclic amines) is 3. The number of phenols is 1. The molecule has 16 nitrogen and oxygen atoms in total. The van der Waals surface area contributed by atoms with Crippen LogP contribution in [0.3, 0.4) is 0 Å². The van der Waals surface area contributed by atoms with Gasteiger partial charge in [-0.05, 0) is 125 Å². The first kappa shape index (κ1) is 48.5. The number of methoxy groups -OCH3 is 1. The van der Waals surface area contributed by atoms with Crippen LogP contribution in [-0.2, 0) is 20.9 Å². The van der Waals surface area contributed by atoms with Gasteiger partial charge >= 0.3 is 0 Å². The molecule has 3 aromatic rings. The van der Waals surface area contributed by atoms with Crippen LogP contribution in [0, 0.1) is 29.1 Å². The third kappa shape index (κ3) is 10.4. The quantitative estimate of drug-likeness (QED) is 0.174. The van der Waals surface area contributed by atoms with E-state index in [-0.39, 0.29) is 41.3 Å². The van der Waals surface area contributed by atoms with Gasteiger partial charge in [-0.1, -0.05) is 38.8 Å². The summed E-state index contributed by atoms with van der Waals surface area (Å²) < 4.78 is 5.44. The smallest absolute Gasteiger partial charge is 0.246 e. The van der Waals surface area contributed by atoms with E-state index in [0.29, 0.717) is 65.8 Å². The monoisotopic (exact) mass is 944 g/mol. The summed E-state index contributed by atoms with van der Waals surface area (Å²) in [5, 5.41) is 28.7. The van der Waals surface area contributed by atoms with Crippen LogP contribution >= 0.6 is 0 Å². The Bertz CT molecular complexity index is 2360. The molecule has 2 atom stereocenters. The van der Waals surface area contributed by atoms with Gasteiger partial charge in [0.2, 0.25) is 17.7 Å². The molecule has 2 unspecified atom stereocenters. The topological polar surface area (TPSA) is 172 Å². The summed E-state index contributed by atoms with van der Waals surface area (Å²) in [4.78, 5) is 58.1. The van der Waals surface area contributed by atoms with Crippen molar-refractivity contribution in [2.45, 2.75) is 122 Å². The fourth-order valence-electron chi connectivity index (χ4n) is 12.4. The molecule has 3 amide bonds. The Hall–Kier alpha value is -5.50. The van der Waals surface area contributed by atoms with Gasteiger partial charge in [0.05, 0.1) is 25.0 Å². The summed E-state index contributed by atoms with van der Waals surface area (Å²) in [6.45, 7) is 15.1. The van der Waals surface area contributed by atoms with Crippen molar-refractivity contribution in [3.8, 4) is 35.1 Å². The van der Waals surface area contributed by atoms with E-state index >= 15 is 0 Å². The van der Waals surface area contributed by atoms with Crippen LogP contribution < -0.4 is 25.6 Å². The fourth-order valence-corrected chi connectivity index (χ4v) is 12.4. The molecule has 4 aliphatic heterocycles. The lowest BCUT2D eigenvalue weighted by molar-refractivity contribution is -0.150. The van der Waals surface area contributed by atoms with Crippen LogP contribution in [0.5, 0.6) is 11.5 Å². The van der Waals surface area contributed by atoms with Crippen LogP contribution in [0.15, 0.2) is 42.6 Å². The highest BCUT2D eigenvalue weighted by molar-refractivity contribution is 5.93. The Morgan fingerprint density at radius 2 is 1.51 bits per heavy atom.